The minimum atomic E-state index is -1.07. The van der Waals surface area contributed by atoms with Gasteiger partial charge in [-0.1, -0.05) is 6.07 Å². The average molecular weight is 168 g/mol. The molecule has 2 nitrogen and oxygen atoms in total. The van der Waals surface area contributed by atoms with Crippen molar-refractivity contribution in [1.29, 1.82) is 0 Å². The van der Waals surface area contributed by atoms with Crippen LogP contribution in [0.15, 0.2) is 18.2 Å². The highest BCUT2D eigenvalue weighted by molar-refractivity contribution is 5.67. The van der Waals surface area contributed by atoms with Crippen molar-refractivity contribution in [3.05, 3.63) is 23.8 Å². The normalized spacial score (nSPS) is 12.6. The van der Waals surface area contributed by atoms with E-state index in [2.05, 4.69) is 5.32 Å². The van der Waals surface area contributed by atoms with Crippen LogP contribution in [0.4, 0.5) is 15.8 Å². The average Bonchev–Trinajstić information content (AvgIpc) is 1.96. The summed E-state index contributed by atoms with van der Waals surface area (Å²) in [6, 6.07) is 5.48. The maximum absolute atomic E-state index is 12.5. The smallest absolute Gasteiger partial charge is 0.167 e. The monoisotopic (exact) mass is 168 g/mol. The third kappa shape index (κ3) is 2.12. The van der Waals surface area contributed by atoms with E-state index in [9.17, 15) is 4.39 Å². The molecule has 0 spiro atoms. The number of aryl methyl sites for hydroxylation is 1. The standard InChI is InChI=1S/C9H13FN2/c1-6-3-4-8(11)9(5-6)12-7(2)10/h3-5,7,12H,11H2,1-2H3. The van der Waals surface area contributed by atoms with Gasteiger partial charge in [-0.15, -0.1) is 0 Å². The molecule has 0 fully saturated rings. The molecule has 1 aromatic rings. The summed E-state index contributed by atoms with van der Waals surface area (Å²) in [4.78, 5) is 0. The highest BCUT2D eigenvalue weighted by atomic mass is 19.1. The molecule has 1 atom stereocenters. The van der Waals surface area contributed by atoms with Crippen LogP contribution in [0.3, 0.4) is 0 Å². The van der Waals surface area contributed by atoms with Gasteiger partial charge in [0.25, 0.3) is 0 Å². The zero-order valence-corrected chi connectivity index (χ0v) is 7.26. The largest absolute Gasteiger partial charge is 0.397 e. The fourth-order valence-electron chi connectivity index (χ4n) is 1.01. The van der Waals surface area contributed by atoms with E-state index in [1.54, 1.807) is 6.07 Å². The third-order valence-corrected chi connectivity index (χ3v) is 1.56. The molecule has 3 N–H and O–H groups in total. The highest BCUT2D eigenvalue weighted by Crippen LogP contribution is 2.20. The quantitative estimate of drug-likeness (QED) is 0.525. The van der Waals surface area contributed by atoms with Crippen LogP contribution < -0.4 is 11.1 Å². The van der Waals surface area contributed by atoms with Crippen LogP contribution in [-0.2, 0) is 0 Å². The first-order chi connectivity index (χ1) is 5.59. The summed E-state index contributed by atoms with van der Waals surface area (Å²) < 4.78 is 12.5. The first-order valence-electron chi connectivity index (χ1n) is 3.86. The van der Waals surface area contributed by atoms with Crippen molar-refractivity contribution in [2.45, 2.75) is 20.1 Å². The molecule has 3 heteroatoms. The van der Waals surface area contributed by atoms with Gasteiger partial charge in [0.05, 0.1) is 11.4 Å². The summed E-state index contributed by atoms with van der Waals surface area (Å²) in [5, 5.41) is 2.62. The summed E-state index contributed by atoms with van der Waals surface area (Å²) in [5.74, 6) is 0. The first-order valence-corrected chi connectivity index (χ1v) is 3.86. The Labute approximate surface area is 71.6 Å². The van der Waals surface area contributed by atoms with Crippen molar-refractivity contribution >= 4 is 11.4 Å². The van der Waals surface area contributed by atoms with Gasteiger partial charge < -0.3 is 11.1 Å². The lowest BCUT2D eigenvalue weighted by Gasteiger charge is -2.10. The number of benzene rings is 1. The Hall–Kier alpha value is -1.25. The Kier molecular flexibility index (Phi) is 2.53. The minimum absolute atomic E-state index is 0.574. The highest BCUT2D eigenvalue weighted by Gasteiger charge is 2.01. The summed E-state index contributed by atoms with van der Waals surface area (Å²) in [5.41, 5.74) is 7.90. The van der Waals surface area contributed by atoms with Gasteiger partial charge in [0.15, 0.2) is 6.30 Å². The lowest BCUT2D eigenvalue weighted by molar-refractivity contribution is 0.403. The second-order valence-electron chi connectivity index (χ2n) is 2.85. The lowest BCUT2D eigenvalue weighted by atomic mass is 10.2. The van der Waals surface area contributed by atoms with Crippen LogP contribution in [0.5, 0.6) is 0 Å². The fourth-order valence-corrected chi connectivity index (χ4v) is 1.01. The predicted octanol–water partition coefficient (Wildman–Crippen LogP) is 2.30. The van der Waals surface area contributed by atoms with Gasteiger partial charge in [-0.25, -0.2) is 4.39 Å². The maximum Gasteiger partial charge on any atom is 0.167 e. The van der Waals surface area contributed by atoms with E-state index in [0.29, 0.717) is 11.4 Å². The van der Waals surface area contributed by atoms with Gasteiger partial charge in [-0.05, 0) is 31.5 Å². The molecule has 0 bridgehead atoms. The molecule has 0 saturated heterocycles. The number of hydrogen-bond donors (Lipinski definition) is 2. The van der Waals surface area contributed by atoms with Crippen LogP contribution in [-0.4, -0.2) is 6.30 Å². The molecule has 0 aliphatic rings. The van der Waals surface area contributed by atoms with Crippen molar-refractivity contribution in [3.8, 4) is 0 Å². The fraction of sp³-hybridized carbons (Fsp3) is 0.333. The van der Waals surface area contributed by atoms with Crippen molar-refractivity contribution in [2.24, 2.45) is 0 Å². The first kappa shape index (κ1) is 8.84. The summed E-state index contributed by atoms with van der Waals surface area (Å²) in [6.07, 6.45) is -1.07. The molecule has 66 valence electrons. The van der Waals surface area contributed by atoms with Crippen molar-refractivity contribution in [3.63, 3.8) is 0 Å². The lowest BCUT2D eigenvalue weighted by Crippen LogP contribution is -2.09. The van der Waals surface area contributed by atoms with E-state index in [1.807, 2.05) is 19.1 Å². The zero-order chi connectivity index (χ0) is 9.14. The number of nitrogens with one attached hydrogen (secondary N) is 1. The van der Waals surface area contributed by atoms with Gasteiger partial charge in [0.2, 0.25) is 0 Å². The van der Waals surface area contributed by atoms with Crippen molar-refractivity contribution < 1.29 is 4.39 Å². The molecule has 1 unspecified atom stereocenters. The van der Waals surface area contributed by atoms with Crippen LogP contribution in [0.25, 0.3) is 0 Å². The predicted molar refractivity (Wildman–Crippen MR) is 49.8 cm³/mol. The molecule has 0 saturated carbocycles. The number of nitrogen functional groups attached to an aromatic ring is 1. The third-order valence-electron chi connectivity index (χ3n) is 1.56. The van der Waals surface area contributed by atoms with Crippen molar-refractivity contribution in [2.75, 3.05) is 11.1 Å². The van der Waals surface area contributed by atoms with Gasteiger partial charge >= 0.3 is 0 Å². The Bertz CT molecular complexity index is 271. The molecule has 0 aliphatic carbocycles. The second kappa shape index (κ2) is 3.43. The topological polar surface area (TPSA) is 38.0 Å². The van der Waals surface area contributed by atoms with Gasteiger partial charge in [-0.2, -0.15) is 0 Å². The molecule has 0 amide bonds. The Morgan fingerprint density at radius 1 is 1.50 bits per heavy atom. The maximum atomic E-state index is 12.5. The molecular formula is C9H13FN2. The van der Waals surface area contributed by atoms with Crippen LogP contribution in [0, 0.1) is 6.92 Å². The number of hydrogen-bond acceptors (Lipinski definition) is 2. The minimum Gasteiger partial charge on any atom is -0.397 e. The second-order valence-corrected chi connectivity index (χ2v) is 2.85. The number of alkyl halides is 1. The molecule has 12 heavy (non-hydrogen) atoms. The van der Waals surface area contributed by atoms with Gasteiger partial charge in [0.1, 0.15) is 0 Å². The zero-order valence-electron chi connectivity index (χ0n) is 7.26. The molecule has 1 aromatic carbocycles. The molecule has 0 radical (unpaired) electrons. The van der Waals surface area contributed by atoms with Gasteiger partial charge in [-0.3, -0.25) is 0 Å². The Balaban J connectivity index is 2.90. The van der Waals surface area contributed by atoms with Gasteiger partial charge in [0, 0.05) is 0 Å². The number of rotatable bonds is 2. The SMILES string of the molecule is Cc1ccc(N)c(NC(C)F)c1. The molecule has 0 aliphatic heterocycles. The Morgan fingerprint density at radius 2 is 2.17 bits per heavy atom. The van der Waals surface area contributed by atoms with Crippen LogP contribution in [0.1, 0.15) is 12.5 Å². The Morgan fingerprint density at radius 3 is 2.75 bits per heavy atom. The van der Waals surface area contributed by atoms with Crippen LogP contribution in [0.2, 0.25) is 0 Å². The molecule has 0 heterocycles. The van der Waals surface area contributed by atoms with Crippen LogP contribution >= 0.6 is 0 Å². The summed E-state index contributed by atoms with van der Waals surface area (Å²) in [6.45, 7) is 3.37. The van der Waals surface area contributed by atoms with E-state index in [0.717, 1.165) is 5.56 Å². The number of anilines is 2. The van der Waals surface area contributed by atoms with E-state index < -0.39 is 6.30 Å². The number of halogens is 1. The number of nitrogens with two attached hydrogens (primary N) is 1. The van der Waals surface area contributed by atoms with E-state index in [-0.39, 0.29) is 0 Å². The van der Waals surface area contributed by atoms with E-state index >= 15 is 0 Å². The van der Waals surface area contributed by atoms with E-state index in [1.165, 1.54) is 6.92 Å². The summed E-state index contributed by atoms with van der Waals surface area (Å²) >= 11 is 0. The molecule has 1 rings (SSSR count). The van der Waals surface area contributed by atoms with Crippen molar-refractivity contribution in [1.82, 2.24) is 0 Å². The summed E-state index contributed by atoms with van der Waals surface area (Å²) in [7, 11) is 0. The molecular weight excluding hydrogens is 155 g/mol. The molecule has 0 aromatic heterocycles. The van der Waals surface area contributed by atoms with E-state index in [4.69, 9.17) is 5.73 Å².